The molecule has 0 bridgehead atoms. The molecule has 9 heteroatoms. The predicted octanol–water partition coefficient (Wildman–Crippen LogP) is 4.97. The molecule has 0 amide bonds. The highest BCUT2D eigenvalue weighted by molar-refractivity contribution is 7.89. The van der Waals surface area contributed by atoms with Gasteiger partial charge in [0.15, 0.2) is 0 Å². The fourth-order valence-corrected chi connectivity index (χ4v) is 8.83. The third-order valence-corrected chi connectivity index (χ3v) is 12.0. The molecule has 2 fully saturated rings. The Morgan fingerprint density at radius 3 is 2.47 bits per heavy atom. The van der Waals surface area contributed by atoms with Crippen molar-refractivity contribution >= 4 is 29.8 Å². The van der Waals surface area contributed by atoms with Gasteiger partial charge in [0.05, 0.1) is 13.1 Å². The van der Waals surface area contributed by atoms with Crippen molar-refractivity contribution in [2.24, 2.45) is 33.3 Å². The maximum Gasteiger partial charge on any atom is 0.216 e. The molecule has 1 aliphatic carbocycles. The molecule has 38 heavy (non-hydrogen) atoms. The number of fused-ring (bicyclic) bond motifs is 1. The molecule has 0 aromatic carbocycles. The van der Waals surface area contributed by atoms with Crippen LogP contribution in [0.25, 0.3) is 0 Å². The number of hydrogen-bond donors (Lipinski definition) is 1. The summed E-state index contributed by atoms with van der Waals surface area (Å²) < 4.78 is 28.8. The minimum atomic E-state index is -3.24. The molecule has 7 nitrogen and oxygen atoms in total. The molecule has 2 radical (unpaired) electrons. The second kappa shape index (κ2) is 12.5. The van der Waals surface area contributed by atoms with E-state index in [0.717, 1.165) is 70.8 Å². The number of allylic oxidation sites excluding steroid dienone is 1. The molecule has 0 aromatic heterocycles. The molecule has 0 spiro atoms. The quantitative estimate of drug-likeness (QED) is 0.312. The van der Waals surface area contributed by atoms with E-state index in [1.807, 2.05) is 17.3 Å². The van der Waals surface area contributed by atoms with Crippen molar-refractivity contribution < 1.29 is 8.42 Å². The van der Waals surface area contributed by atoms with Gasteiger partial charge in [-0.05, 0) is 81.1 Å². The van der Waals surface area contributed by atoms with Gasteiger partial charge in [0.2, 0.25) is 10.0 Å². The number of rotatable bonds is 10. The van der Waals surface area contributed by atoms with E-state index in [0.29, 0.717) is 30.8 Å². The minimum Gasteiger partial charge on any atom is -0.295 e. The van der Waals surface area contributed by atoms with Crippen LogP contribution >= 0.6 is 0 Å². The number of hydrazone groups is 1. The molecule has 3 aliphatic heterocycles. The maximum atomic E-state index is 13.5. The fraction of sp³-hybridized carbons (Fsp3) is 0.862. The monoisotopic (exact) mass is 543 g/mol. The number of nitrogens with zero attached hydrogens (tertiary/aromatic N) is 4. The van der Waals surface area contributed by atoms with Crippen LogP contribution in [0, 0.1) is 23.2 Å². The van der Waals surface area contributed by atoms with E-state index in [1.54, 1.807) is 4.31 Å². The third-order valence-electron chi connectivity index (χ3n) is 9.61. The van der Waals surface area contributed by atoms with Gasteiger partial charge in [0, 0.05) is 37.3 Å². The van der Waals surface area contributed by atoms with Gasteiger partial charge in [-0.3, -0.25) is 15.3 Å². The van der Waals surface area contributed by atoms with E-state index in [4.69, 9.17) is 12.8 Å². The van der Waals surface area contributed by atoms with Gasteiger partial charge in [0.1, 0.15) is 12.3 Å². The van der Waals surface area contributed by atoms with Crippen molar-refractivity contribution in [1.29, 1.82) is 0 Å². The van der Waals surface area contributed by atoms with Gasteiger partial charge < -0.3 is 0 Å². The van der Waals surface area contributed by atoms with E-state index in [1.165, 1.54) is 5.71 Å². The molecule has 4 aliphatic rings. The molecule has 4 rings (SSSR count). The Hall–Kier alpha value is -1.19. The SMILES string of the molecule is [B]C1C=NN2C(NCC(CC)CCC=C)CC(C3CCN(S(=O)(=O)C4CCC(C(C)(C)C)CC4)CC3)=NC12. The lowest BCUT2D eigenvalue weighted by Crippen LogP contribution is -2.53. The van der Waals surface area contributed by atoms with E-state index in [2.05, 4.69) is 44.7 Å². The molecule has 1 N–H and O–H groups in total. The van der Waals surface area contributed by atoms with Crippen molar-refractivity contribution in [1.82, 2.24) is 14.6 Å². The van der Waals surface area contributed by atoms with Crippen molar-refractivity contribution in [2.75, 3.05) is 19.6 Å². The van der Waals surface area contributed by atoms with Crippen LogP contribution < -0.4 is 5.32 Å². The lowest BCUT2D eigenvalue weighted by Gasteiger charge is -2.42. The first-order valence-electron chi connectivity index (χ1n) is 15.0. The van der Waals surface area contributed by atoms with Crippen LogP contribution in [0.3, 0.4) is 0 Å². The van der Waals surface area contributed by atoms with Crippen LogP contribution in [0.2, 0.25) is 5.82 Å². The zero-order valence-electron chi connectivity index (χ0n) is 24.2. The van der Waals surface area contributed by atoms with Crippen LogP contribution in [-0.2, 0) is 10.0 Å². The van der Waals surface area contributed by atoms with Crippen LogP contribution in [0.15, 0.2) is 22.7 Å². The van der Waals surface area contributed by atoms with E-state index in [-0.39, 0.29) is 28.8 Å². The number of hydrogen-bond acceptors (Lipinski definition) is 6. The number of nitrogens with one attached hydrogen (secondary N) is 1. The Morgan fingerprint density at radius 2 is 1.87 bits per heavy atom. The van der Waals surface area contributed by atoms with Gasteiger partial charge in [0.25, 0.3) is 0 Å². The molecule has 0 aromatic rings. The zero-order chi connectivity index (χ0) is 27.5. The first-order valence-corrected chi connectivity index (χ1v) is 16.5. The van der Waals surface area contributed by atoms with Gasteiger partial charge in [-0.1, -0.05) is 40.2 Å². The van der Waals surface area contributed by atoms with Crippen LogP contribution in [-0.4, -0.2) is 74.7 Å². The number of piperidine rings is 1. The summed E-state index contributed by atoms with van der Waals surface area (Å²) >= 11 is 0. The summed E-state index contributed by atoms with van der Waals surface area (Å²) in [6.07, 6.45) is 13.1. The first kappa shape index (κ1) is 29.8. The lowest BCUT2D eigenvalue weighted by molar-refractivity contribution is 0.121. The Balaban J connectivity index is 1.35. The highest BCUT2D eigenvalue weighted by Gasteiger charge is 2.42. The largest absolute Gasteiger partial charge is 0.295 e. The van der Waals surface area contributed by atoms with Crippen molar-refractivity contribution in [3.63, 3.8) is 0 Å². The number of sulfonamides is 1. The van der Waals surface area contributed by atoms with E-state index in [9.17, 15) is 8.42 Å². The fourth-order valence-electron chi connectivity index (χ4n) is 6.83. The predicted molar refractivity (Wildman–Crippen MR) is 159 cm³/mol. The van der Waals surface area contributed by atoms with Gasteiger partial charge >= 0.3 is 0 Å². The second-order valence-corrected chi connectivity index (χ2v) is 15.3. The number of aliphatic imine (C=N–C) groups is 1. The highest BCUT2D eigenvalue weighted by atomic mass is 32.2. The van der Waals surface area contributed by atoms with Crippen LogP contribution in [0.1, 0.15) is 91.9 Å². The van der Waals surface area contributed by atoms with Crippen molar-refractivity contribution in [2.45, 2.75) is 115 Å². The van der Waals surface area contributed by atoms with Gasteiger partial charge in [-0.25, -0.2) is 12.7 Å². The summed E-state index contributed by atoms with van der Waals surface area (Å²) in [5.41, 5.74) is 1.44. The van der Waals surface area contributed by atoms with E-state index < -0.39 is 10.0 Å². The molecule has 212 valence electrons. The average molecular weight is 544 g/mol. The standard InChI is InChI=1S/C29H50BN5O2S/c1-6-8-9-21(7-2)19-31-27-18-26(33-28-25(30)20-32-35(27)28)22-14-16-34(17-15-22)38(36,37)24-12-10-23(11-13-24)29(3,4)5/h6,20-25,27-28,31H,1,7-19H2,2-5H3. The normalized spacial score (nSPS) is 32.2. The molecule has 4 unspecified atom stereocenters. The summed E-state index contributed by atoms with van der Waals surface area (Å²) in [4.78, 5) is 5.08. The van der Waals surface area contributed by atoms with Crippen molar-refractivity contribution in [3.8, 4) is 0 Å². The molecule has 1 saturated carbocycles. The lowest BCUT2D eigenvalue weighted by atomic mass is 9.72. The summed E-state index contributed by atoms with van der Waals surface area (Å²) in [5, 5.41) is 10.2. The first-order chi connectivity index (χ1) is 18.0. The summed E-state index contributed by atoms with van der Waals surface area (Å²) in [6.45, 7) is 15.1. The molecular formula is C29H50BN5O2S. The van der Waals surface area contributed by atoms with Crippen LogP contribution in [0.5, 0.6) is 0 Å². The maximum absolute atomic E-state index is 13.5. The van der Waals surface area contributed by atoms with Gasteiger partial charge in [-0.2, -0.15) is 5.10 Å². The highest BCUT2D eigenvalue weighted by Crippen LogP contribution is 2.41. The Morgan fingerprint density at radius 1 is 1.18 bits per heavy atom. The smallest absolute Gasteiger partial charge is 0.216 e. The molecule has 4 atom stereocenters. The van der Waals surface area contributed by atoms with Crippen molar-refractivity contribution in [3.05, 3.63) is 12.7 Å². The molecular weight excluding hydrogens is 493 g/mol. The average Bonchev–Trinajstić information content (AvgIpc) is 3.29. The van der Waals surface area contributed by atoms with Gasteiger partial charge in [-0.15, -0.1) is 6.58 Å². The molecule has 1 saturated heterocycles. The minimum absolute atomic E-state index is 0.0786. The summed E-state index contributed by atoms with van der Waals surface area (Å²) in [5.74, 6) is 1.31. The topological polar surface area (TPSA) is 77.4 Å². The Kier molecular flexibility index (Phi) is 9.84. The third kappa shape index (κ3) is 6.75. The zero-order valence-corrected chi connectivity index (χ0v) is 25.0. The summed E-state index contributed by atoms with van der Waals surface area (Å²) in [6, 6.07) is 0. The van der Waals surface area contributed by atoms with Crippen LogP contribution in [0.4, 0.5) is 0 Å². The molecule has 3 heterocycles. The van der Waals surface area contributed by atoms with E-state index >= 15 is 0 Å². The second-order valence-electron chi connectivity index (χ2n) is 13.1. The Labute approximate surface area is 233 Å². The Bertz CT molecular complexity index is 962. The summed E-state index contributed by atoms with van der Waals surface area (Å²) in [7, 11) is 3.12.